The zero-order chi connectivity index (χ0) is 15.7. The Labute approximate surface area is 129 Å². The van der Waals surface area contributed by atoms with Gasteiger partial charge in [-0.2, -0.15) is 0 Å². The second-order valence-corrected chi connectivity index (χ2v) is 5.66. The van der Waals surface area contributed by atoms with E-state index in [0.29, 0.717) is 5.39 Å². The maximum Gasteiger partial charge on any atom is 0.261 e. The van der Waals surface area contributed by atoms with Crippen LogP contribution in [0.5, 0.6) is 0 Å². The summed E-state index contributed by atoms with van der Waals surface area (Å²) in [4.78, 5) is 21.7. The summed E-state index contributed by atoms with van der Waals surface area (Å²) < 4.78 is 1.70. The van der Waals surface area contributed by atoms with Crippen LogP contribution in [0.2, 0.25) is 0 Å². The summed E-state index contributed by atoms with van der Waals surface area (Å²) in [7, 11) is 0. The number of hydrogen-bond donors (Lipinski definition) is 0. The van der Waals surface area contributed by atoms with E-state index in [9.17, 15) is 4.79 Å². The number of benzene rings is 1. The lowest BCUT2D eigenvalue weighted by Gasteiger charge is -2.18. The normalized spacial score (nSPS) is 12.5. The van der Waals surface area contributed by atoms with Crippen molar-refractivity contribution in [2.75, 3.05) is 0 Å². The fourth-order valence-electron chi connectivity index (χ4n) is 2.76. The van der Waals surface area contributed by atoms with Gasteiger partial charge >= 0.3 is 0 Å². The summed E-state index contributed by atoms with van der Waals surface area (Å²) in [5, 5.41) is 0.661. The maximum absolute atomic E-state index is 12.8. The topological polar surface area (TPSA) is 47.8 Å². The summed E-state index contributed by atoms with van der Waals surface area (Å²) in [6.07, 6.45) is 4.21. The highest BCUT2D eigenvalue weighted by Crippen LogP contribution is 2.20. The third kappa shape index (κ3) is 2.52. The molecule has 4 heteroatoms. The van der Waals surface area contributed by atoms with Crippen molar-refractivity contribution >= 4 is 10.9 Å². The lowest BCUT2D eigenvalue weighted by Crippen LogP contribution is -2.26. The van der Waals surface area contributed by atoms with E-state index in [4.69, 9.17) is 0 Å². The maximum atomic E-state index is 12.8. The molecule has 3 rings (SSSR count). The summed E-state index contributed by atoms with van der Waals surface area (Å²) in [5.74, 6) is 0. The number of aryl methyl sites for hydroxylation is 2. The minimum absolute atomic E-state index is 0.0103. The van der Waals surface area contributed by atoms with E-state index in [1.165, 1.54) is 0 Å². The molecule has 112 valence electrons. The van der Waals surface area contributed by atoms with Gasteiger partial charge in [0.05, 0.1) is 29.0 Å². The van der Waals surface area contributed by atoms with E-state index >= 15 is 0 Å². The van der Waals surface area contributed by atoms with Crippen LogP contribution >= 0.6 is 0 Å². The number of pyridine rings is 1. The molecule has 1 atom stereocenters. The van der Waals surface area contributed by atoms with Gasteiger partial charge < -0.3 is 0 Å². The average molecular weight is 293 g/mol. The summed E-state index contributed by atoms with van der Waals surface area (Å²) in [5.41, 5.74) is 3.83. The fourth-order valence-corrected chi connectivity index (χ4v) is 2.76. The first-order valence-corrected chi connectivity index (χ1v) is 7.50. The minimum atomic E-state index is -0.0928. The molecule has 0 aliphatic rings. The van der Waals surface area contributed by atoms with Crippen LogP contribution < -0.4 is 5.56 Å². The third-order valence-corrected chi connectivity index (χ3v) is 3.94. The van der Waals surface area contributed by atoms with Crippen molar-refractivity contribution in [1.82, 2.24) is 14.5 Å². The van der Waals surface area contributed by atoms with Crippen molar-refractivity contribution in [3.8, 4) is 0 Å². The average Bonchev–Trinajstić information content (AvgIpc) is 2.51. The van der Waals surface area contributed by atoms with Gasteiger partial charge in [0.1, 0.15) is 0 Å². The number of hydrogen-bond acceptors (Lipinski definition) is 3. The minimum Gasteiger partial charge on any atom is -0.290 e. The van der Waals surface area contributed by atoms with Crippen molar-refractivity contribution in [1.29, 1.82) is 0 Å². The van der Waals surface area contributed by atoms with E-state index < -0.39 is 0 Å². The number of nitrogens with zero attached hydrogens (tertiary/aromatic N) is 3. The molecule has 0 fully saturated rings. The molecule has 0 unspecified atom stereocenters. The second kappa shape index (κ2) is 5.72. The van der Waals surface area contributed by atoms with Crippen LogP contribution in [0.1, 0.15) is 36.2 Å². The van der Waals surface area contributed by atoms with Crippen LogP contribution in [0.25, 0.3) is 10.9 Å². The van der Waals surface area contributed by atoms with E-state index in [2.05, 4.69) is 16.9 Å². The quantitative estimate of drug-likeness (QED) is 0.743. The molecule has 2 aromatic heterocycles. The Balaban J connectivity index is 2.19. The Kier molecular flexibility index (Phi) is 3.75. The van der Waals surface area contributed by atoms with E-state index in [0.717, 1.165) is 28.8 Å². The van der Waals surface area contributed by atoms with E-state index in [-0.39, 0.29) is 11.6 Å². The van der Waals surface area contributed by atoms with Crippen LogP contribution in [0.4, 0.5) is 0 Å². The zero-order valence-corrected chi connectivity index (χ0v) is 13.1. The molecule has 2 heterocycles. The monoisotopic (exact) mass is 293 g/mol. The smallest absolute Gasteiger partial charge is 0.261 e. The zero-order valence-electron chi connectivity index (χ0n) is 13.1. The fraction of sp³-hybridized carbons (Fsp3) is 0.278. The predicted octanol–water partition coefficient (Wildman–Crippen LogP) is 3.41. The molecular weight excluding hydrogens is 274 g/mol. The molecule has 0 aliphatic carbocycles. The van der Waals surface area contributed by atoms with Crippen LogP contribution in [0, 0.1) is 13.8 Å². The largest absolute Gasteiger partial charge is 0.290 e. The van der Waals surface area contributed by atoms with Crippen LogP contribution in [-0.4, -0.2) is 14.5 Å². The molecular formula is C18H19N3O. The highest BCUT2D eigenvalue weighted by Gasteiger charge is 2.16. The van der Waals surface area contributed by atoms with Gasteiger partial charge in [-0.25, -0.2) is 4.98 Å². The Morgan fingerprint density at radius 3 is 2.59 bits per heavy atom. The molecule has 22 heavy (non-hydrogen) atoms. The number of fused-ring (bicyclic) bond motifs is 1. The van der Waals surface area contributed by atoms with Crippen LogP contribution in [-0.2, 0) is 0 Å². The van der Waals surface area contributed by atoms with Crippen molar-refractivity contribution in [2.24, 2.45) is 0 Å². The molecule has 0 N–H and O–H groups in total. The van der Waals surface area contributed by atoms with Gasteiger partial charge in [0, 0.05) is 6.20 Å². The van der Waals surface area contributed by atoms with Gasteiger partial charge in [0.2, 0.25) is 0 Å². The van der Waals surface area contributed by atoms with Crippen molar-refractivity contribution in [2.45, 2.75) is 33.2 Å². The Hall–Kier alpha value is -2.49. The van der Waals surface area contributed by atoms with Gasteiger partial charge in [0.15, 0.2) is 0 Å². The summed E-state index contributed by atoms with van der Waals surface area (Å²) >= 11 is 0. The molecule has 0 bridgehead atoms. The first-order chi connectivity index (χ1) is 10.6. The highest BCUT2D eigenvalue weighted by atomic mass is 16.1. The molecule has 0 aliphatic heterocycles. The standard InChI is InChI=1S/C18H19N3O/c1-4-17(16-10-13(3)7-8-19-16)21-11-20-15-6-5-12(2)9-14(15)18(21)22/h5-11,17H,4H2,1-3H3/t17-/m0/s1. The summed E-state index contributed by atoms with van der Waals surface area (Å²) in [6, 6.07) is 9.66. The molecule has 0 saturated carbocycles. The van der Waals surface area contributed by atoms with Crippen molar-refractivity contribution < 1.29 is 0 Å². The third-order valence-electron chi connectivity index (χ3n) is 3.94. The SMILES string of the molecule is CC[C@@H](c1cc(C)ccn1)n1cnc2ccc(C)cc2c1=O. The highest BCUT2D eigenvalue weighted by molar-refractivity contribution is 5.78. The van der Waals surface area contributed by atoms with Gasteiger partial charge in [-0.05, 0) is 50.1 Å². The van der Waals surface area contributed by atoms with E-state index in [1.54, 1.807) is 17.1 Å². The van der Waals surface area contributed by atoms with Gasteiger partial charge in [-0.1, -0.05) is 18.6 Å². The first kappa shape index (κ1) is 14.4. The Bertz CT molecular complexity index is 883. The lowest BCUT2D eigenvalue weighted by molar-refractivity contribution is 0.531. The number of rotatable bonds is 3. The Morgan fingerprint density at radius 2 is 1.86 bits per heavy atom. The second-order valence-electron chi connectivity index (χ2n) is 5.66. The Morgan fingerprint density at radius 1 is 1.09 bits per heavy atom. The van der Waals surface area contributed by atoms with E-state index in [1.807, 2.05) is 44.2 Å². The van der Waals surface area contributed by atoms with Gasteiger partial charge in [-0.15, -0.1) is 0 Å². The number of aromatic nitrogens is 3. The molecule has 4 nitrogen and oxygen atoms in total. The van der Waals surface area contributed by atoms with Gasteiger partial charge in [0.25, 0.3) is 5.56 Å². The summed E-state index contributed by atoms with van der Waals surface area (Å²) in [6.45, 7) is 6.07. The molecule has 0 spiro atoms. The molecule has 3 aromatic rings. The molecule has 0 saturated heterocycles. The predicted molar refractivity (Wildman–Crippen MR) is 88.1 cm³/mol. The molecule has 1 aromatic carbocycles. The van der Waals surface area contributed by atoms with Crippen LogP contribution in [0.3, 0.4) is 0 Å². The lowest BCUT2D eigenvalue weighted by atomic mass is 10.1. The first-order valence-electron chi connectivity index (χ1n) is 7.50. The van der Waals surface area contributed by atoms with Crippen molar-refractivity contribution in [3.63, 3.8) is 0 Å². The molecule has 0 amide bonds. The van der Waals surface area contributed by atoms with Crippen LogP contribution in [0.15, 0.2) is 47.7 Å². The molecule has 0 radical (unpaired) electrons. The van der Waals surface area contributed by atoms with Gasteiger partial charge in [-0.3, -0.25) is 14.3 Å². The van der Waals surface area contributed by atoms with Crippen molar-refractivity contribution in [3.05, 3.63) is 70.0 Å².